The van der Waals surface area contributed by atoms with Crippen LogP contribution in [-0.4, -0.2) is 66.9 Å². The van der Waals surface area contributed by atoms with Crippen LogP contribution in [-0.2, 0) is 4.74 Å². The van der Waals surface area contributed by atoms with Gasteiger partial charge in [0.25, 0.3) is 0 Å². The van der Waals surface area contributed by atoms with Gasteiger partial charge in [-0.05, 0) is 54.2 Å². The molecular weight excluding hydrogens is 422 g/mol. The highest BCUT2D eigenvalue weighted by atomic mass is 19.1. The van der Waals surface area contributed by atoms with E-state index in [1.165, 1.54) is 37.1 Å². The third-order valence-electron chi connectivity index (χ3n) is 7.11. The molecule has 2 aromatic rings. The van der Waals surface area contributed by atoms with Crippen LogP contribution in [0.2, 0.25) is 0 Å². The summed E-state index contributed by atoms with van der Waals surface area (Å²) in [4.78, 5) is 4.91. The number of ether oxygens (including phenoxy) is 1. The molecule has 0 amide bonds. The van der Waals surface area contributed by atoms with Gasteiger partial charge >= 0.3 is 0 Å². The Balaban J connectivity index is 1.26. The molecule has 1 saturated heterocycles. The zero-order chi connectivity index (χ0) is 23.0. The summed E-state index contributed by atoms with van der Waals surface area (Å²) in [5, 5.41) is 10.4. The molecule has 0 spiro atoms. The van der Waals surface area contributed by atoms with Gasteiger partial charge in [-0.15, -0.1) is 0 Å². The molecule has 1 N–H and O–H groups in total. The number of aliphatic hydroxyl groups excluding tert-OH is 1. The fourth-order valence-corrected chi connectivity index (χ4v) is 5.06. The number of piperazine rings is 1. The predicted molar refractivity (Wildman–Crippen MR) is 126 cm³/mol. The van der Waals surface area contributed by atoms with Crippen molar-refractivity contribution in [2.75, 3.05) is 45.9 Å². The first kappa shape index (κ1) is 24.3. The van der Waals surface area contributed by atoms with Gasteiger partial charge in [-0.3, -0.25) is 4.90 Å². The van der Waals surface area contributed by atoms with E-state index in [1.54, 1.807) is 24.3 Å². The Hall–Kier alpha value is -1.86. The smallest absolute Gasteiger partial charge is 0.123 e. The van der Waals surface area contributed by atoms with Crippen molar-refractivity contribution in [3.8, 4) is 0 Å². The van der Waals surface area contributed by atoms with E-state index in [-0.39, 0.29) is 23.8 Å². The van der Waals surface area contributed by atoms with Gasteiger partial charge in [-0.25, -0.2) is 8.78 Å². The van der Waals surface area contributed by atoms with Crippen LogP contribution in [0.4, 0.5) is 8.78 Å². The minimum atomic E-state index is -0.357. The minimum Gasteiger partial charge on any atom is -0.393 e. The molecule has 180 valence electrons. The van der Waals surface area contributed by atoms with Crippen molar-refractivity contribution in [3.63, 3.8) is 0 Å². The van der Waals surface area contributed by atoms with Crippen LogP contribution in [0.15, 0.2) is 48.5 Å². The van der Waals surface area contributed by atoms with E-state index in [0.717, 1.165) is 69.7 Å². The van der Waals surface area contributed by atoms with Gasteiger partial charge in [-0.2, -0.15) is 0 Å². The quantitative estimate of drug-likeness (QED) is 0.585. The minimum absolute atomic E-state index is 0.145. The van der Waals surface area contributed by atoms with E-state index < -0.39 is 0 Å². The predicted octanol–water partition coefficient (Wildman–Crippen LogP) is 4.63. The first-order chi connectivity index (χ1) is 16.1. The average molecular weight is 459 g/mol. The van der Waals surface area contributed by atoms with Crippen molar-refractivity contribution < 1.29 is 18.6 Å². The summed E-state index contributed by atoms with van der Waals surface area (Å²) in [6.45, 7) is 6.38. The Kier molecular flexibility index (Phi) is 8.84. The van der Waals surface area contributed by atoms with Gasteiger partial charge in [0.05, 0.1) is 12.7 Å². The molecule has 2 aliphatic rings. The highest BCUT2D eigenvalue weighted by molar-refractivity contribution is 5.30. The molecule has 2 unspecified atom stereocenters. The summed E-state index contributed by atoms with van der Waals surface area (Å²) in [5.74, 6) is -0.161. The number of aliphatic hydroxyl groups is 1. The number of hydrogen-bond donors (Lipinski definition) is 1. The highest BCUT2D eigenvalue weighted by Gasteiger charge is 2.26. The van der Waals surface area contributed by atoms with Gasteiger partial charge in [0, 0.05) is 39.3 Å². The van der Waals surface area contributed by atoms with Gasteiger partial charge < -0.3 is 14.7 Å². The third kappa shape index (κ3) is 7.06. The first-order valence-electron chi connectivity index (χ1n) is 12.3. The topological polar surface area (TPSA) is 35.9 Å². The second-order valence-corrected chi connectivity index (χ2v) is 9.46. The monoisotopic (exact) mass is 458 g/mol. The van der Waals surface area contributed by atoms with E-state index in [2.05, 4.69) is 9.80 Å². The normalized spacial score (nSPS) is 23.0. The highest BCUT2D eigenvalue weighted by Crippen LogP contribution is 2.27. The summed E-state index contributed by atoms with van der Waals surface area (Å²) in [5.41, 5.74) is 1.71. The van der Waals surface area contributed by atoms with E-state index in [0.29, 0.717) is 12.5 Å². The Morgan fingerprint density at radius 1 is 0.788 bits per heavy atom. The Morgan fingerprint density at radius 2 is 1.33 bits per heavy atom. The standard InChI is InChI=1S/C27H36F2N2O2/c28-24-10-6-21(7-11-24)27(22-8-12-25(29)13-9-22)33-19-18-30-14-16-31(17-15-30)20-23-4-2-1-3-5-26(23)32/h6-13,23,26-27,32H,1-5,14-20H2. The Bertz CT molecular complexity index is 793. The van der Waals surface area contributed by atoms with Crippen LogP contribution in [0.5, 0.6) is 0 Å². The number of benzene rings is 2. The molecule has 2 aromatic carbocycles. The van der Waals surface area contributed by atoms with Crippen LogP contribution < -0.4 is 0 Å². The molecule has 33 heavy (non-hydrogen) atoms. The largest absolute Gasteiger partial charge is 0.393 e. The van der Waals surface area contributed by atoms with Crippen LogP contribution in [0, 0.1) is 17.6 Å². The average Bonchev–Trinajstić information content (AvgIpc) is 3.03. The molecule has 1 aliphatic heterocycles. The number of hydrogen-bond acceptors (Lipinski definition) is 4. The second kappa shape index (κ2) is 12.0. The Morgan fingerprint density at radius 3 is 1.94 bits per heavy atom. The van der Waals surface area contributed by atoms with Crippen molar-refractivity contribution in [3.05, 3.63) is 71.3 Å². The van der Waals surface area contributed by atoms with Crippen LogP contribution in [0.25, 0.3) is 0 Å². The maximum absolute atomic E-state index is 13.4. The number of rotatable bonds is 8. The van der Waals surface area contributed by atoms with Crippen LogP contribution >= 0.6 is 0 Å². The van der Waals surface area contributed by atoms with Crippen molar-refractivity contribution >= 4 is 0 Å². The van der Waals surface area contributed by atoms with E-state index >= 15 is 0 Å². The molecule has 4 nitrogen and oxygen atoms in total. The van der Waals surface area contributed by atoms with Gasteiger partial charge in [0.2, 0.25) is 0 Å². The van der Waals surface area contributed by atoms with Crippen LogP contribution in [0.1, 0.15) is 49.3 Å². The molecular formula is C27H36F2N2O2. The molecule has 2 fully saturated rings. The van der Waals surface area contributed by atoms with E-state index in [4.69, 9.17) is 4.74 Å². The zero-order valence-electron chi connectivity index (χ0n) is 19.3. The van der Waals surface area contributed by atoms with Gasteiger partial charge in [0.1, 0.15) is 17.7 Å². The second-order valence-electron chi connectivity index (χ2n) is 9.46. The Labute approximate surface area is 196 Å². The van der Waals surface area contributed by atoms with E-state index in [9.17, 15) is 13.9 Å². The SMILES string of the molecule is OC1CCCCCC1CN1CCN(CCOC(c2ccc(F)cc2)c2ccc(F)cc2)CC1. The fraction of sp³-hybridized carbons (Fsp3) is 0.556. The summed E-state index contributed by atoms with van der Waals surface area (Å²) < 4.78 is 33.1. The number of halogens is 2. The van der Waals surface area contributed by atoms with Crippen LogP contribution in [0.3, 0.4) is 0 Å². The molecule has 0 aromatic heterocycles. The summed E-state index contributed by atoms with van der Waals surface area (Å²) in [6.07, 6.45) is 5.23. The third-order valence-corrected chi connectivity index (χ3v) is 7.11. The molecule has 1 saturated carbocycles. The van der Waals surface area contributed by atoms with E-state index in [1.807, 2.05) is 0 Å². The number of nitrogens with zero attached hydrogens (tertiary/aromatic N) is 2. The molecule has 1 aliphatic carbocycles. The lowest BCUT2D eigenvalue weighted by Gasteiger charge is -2.37. The molecule has 0 bridgehead atoms. The van der Waals surface area contributed by atoms with Gasteiger partial charge in [0.15, 0.2) is 0 Å². The summed E-state index contributed by atoms with van der Waals surface area (Å²) >= 11 is 0. The molecule has 1 heterocycles. The lowest BCUT2D eigenvalue weighted by atomic mass is 9.96. The summed E-state index contributed by atoms with van der Waals surface area (Å²) in [7, 11) is 0. The first-order valence-corrected chi connectivity index (χ1v) is 12.3. The molecule has 2 atom stereocenters. The van der Waals surface area contributed by atoms with Crippen molar-refractivity contribution in [1.82, 2.24) is 9.80 Å². The zero-order valence-corrected chi connectivity index (χ0v) is 19.3. The van der Waals surface area contributed by atoms with Crippen molar-refractivity contribution in [1.29, 1.82) is 0 Å². The van der Waals surface area contributed by atoms with Crippen molar-refractivity contribution in [2.24, 2.45) is 5.92 Å². The maximum atomic E-state index is 13.4. The molecule has 0 radical (unpaired) electrons. The fourth-order valence-electron chi connectivity index (χ4n) is 5.06. The lowest BCUT2D eigenvalue weighted by molar-refractivity contribution is 0.0314. The maximum Gasteiger partial charge on any atom is 0.123 e. The summed E-state index contributed by atoms with van der Waals surface area (Å²) in [6, 6.07) is 12.6. The molecule has 6 heteroatoms. The van der Waals surface area contributed by atoms with Gasteiger partial charge in [-0.1, -0.05) is 43.5 Å². The lowest BCUT2D eigenvalue weighted by Crippen LogP contribution is -2.49. The molecule has 4 rings (SSSR count). The van der Waals surface area contributed by atoms with Crippen molar-refractivity contribution in [2.45, 2.75) is 44.3 Å².